The second-order valence-electron chi connectivity index (χ2n) is 8.00. The quantitative estimate of drug-likeness (QED) is 0.481. The highest BCUT2D eigenvalue weighted by atomic mass is 32.1. The number of aliphatic carboxylic acids is 1. The van der Waals surface area contributed by atoms with E-state index in [0.717, 1.165) is 21.4 Å². The van der Waals surface area contributed by atoms with Gasteiger partial charge in [-0.05, 0) is 41.9 Å². The maximum atomic E-state index is 12.4. The van der Waals surface area contributed by atoms with E-state index in [1.165, 1.54) is 11.5 Å². The lowest BCUT2D eigenvalue weighted by Crippen LogP contribution is -2.49. The first-order valence-electron chi connectivity index (χ1n) is 10.3. The molecule has 0 bridgehead atoms. The minimum Gasteiger partial charge on any atom is -0.480 e. The van der Waals surface area contributed by atoms with Crippen molar-refractivity contribution in [3.8, 4) is 0 Å². The molecule has 0 amide bonds. The predicted octanol–water partition coefficient (Wildman–Crippen LogP) is 3.43. The van der Waals surface area contributed by atoms with Gasteiger partial charge in [0.2, 0.25) is 0 Å². The summed E-state index contributed by atoms with van der Waals surface area (Å²) >= 11 is 1.47. The van der Waals surface area contributed by atoms with Crippen molar-refractivity contribution in [1.82, 2.24) is 13.8 Å². The van der Waals surface area contributed by atoms with Crippen LogP contribution < -0.4 is 4.90 Å². The third-order valence-electron chi connectivity index (χ3n) is 6.13. The van der Waals surface area contributed by atoms with Crippen LogP contribution in [0.15, 0.2) is 48.7 Å². The molecule has 2 aromatic carbocycles. The molecular weight excluding hydrogens is 428 g/mol. The summed E-state index contributed by atoms with van der Waals surface area (Å²) in [7, 11) is 1.84. The molecule has 8 nitrogen and oxygen atoms in total. The lowest BCUT2D eigenvalue weighted by molar-refractivity contribution is -0.143. The fraction of sp³-hybridized carbons (Fsp3) is 0.261. The summed E-state index contributed by atoms with van der Waals surface area (Å²) in [6, 6.07) is 12.1. The van der Waals surface area contributed by atoms with Gasteiger partial charge in [0.1, 0.15) is 11.9 Å². The molecule has 3 heterocycles. The molecule has 1 fully saturated rings. The molecule has 1 aliphatic heterocycles. The molecule has 9 heteroatoms. The number of benzene rings is 2. The smallest absolute Gasteiger partial charge is 0.335 e. The van der Waals surface area contributed by atoms with Crippen LogP contribution in [0.25, 0.3) is 21.0 Å². The molecule has 0 aliphatic carbocycles. The predicted molar refractivity (Wildman–Crippen MR) is 124 cm³/mol. The van der Waals surface area contributed by atoms with E-state index in [1.54, 1.807) is 24.4 Å². The van der Waals surface area contributed by atoms with E-state index in [9.17, 15) is 19.8 Å². The van der Waals surface area contributed by atoms with Crippen molar-refractivity contribution in [2.24, 2.45) is 7.05 Å². The summed E-state index contributed by atoms with van der Waals surface area (Å²) in [6.07, 6.45) is 1.80. The summed E-state index contributed by atoms with van der Waals surface area (Å²) in [5.74, 6) is -1.02. The van der Waals surface area contributed by atoms with Crippen LogP contribution in [0.5, 0.6) is 0 Å². The summed E-state index contributed by atoms with van der Waals surface area (Å²) in [4.78, 5) is 28.0. The number of nitrogens with zero attached hydrogens (tertiary/aromatic N) is 4. The van der Waals surface area contributed by atoms with E-state index < -0.39 is 18.0 Å². The molecule has 5 rings (SSSR count). The Kier molecular flexibility index (Phi) is 5.07. The monoisotopic (exact) mass is 450 g/mol. The minimum atomic E-state index is -1.03. The van der Waals surface area contributed by atoms with Crippen molar-refractivity contribution in [1.29, 1.82) is 0 Å². The largest absolute Gasteiger partial charge is 0.480 e. The van der Waals surface area contributed by atoms with Crippen molar-refractivity contribution in [3.05, 3.63) is 59.8 Å². The second-order valence-corrected chi connectivity index (χ2v) is 8.80. The molecule has 2 N–H and O–H groups in total. The summed E-state index contributed by atoms with van der Waals surface area (Å²) in [5, 5.41) is 21.3. The maximum absolute atomic E-state index is 12.4. The van der Waals surface area contributed by atoms with Crippen LogP contribution in [-0.4, -0.2) is 62.2 Å². The van der Waals surface area contributed by atoms with E-state index in [0.29, 0.717) is 37.1 Å². The van der Waals surface area contributed by atoms with Crippen LogP contribution in [0.2, 0.25) is 0 Å². The van der Waals surface area contributed by atoms with Gasteiger partial charge in [0, 0.05) is 61.3 Å². The van der Waals surface area contributed by atoms with Crippen LogP contribution in [-0.2, 0) is 11.8 Å². The molecule has 0 unspecified atom stereocenters. The highest BCUT2D eigenvalue weighted by Gasteiger charge is 2.33. The molecule has 0 spiro atoms. The minimum absolute atomic E-state index is 0.148. The van der Waals surface area contributed by atoms with Crippen LogP contribution in [0.1, 0.15) is 22.0 Å². The molecule has 1 saturated heterocycles. The molecule has 32 heavy (non-hydrogen) atoms. The fourth-order valence-electron chi connectivity index (χ4n) is 4.55. The van der Waals surface area contributed by atoms with E-state index in [1.807, 2.05) is 28.6 Å². The number of carbonyl (C=O) groups is 2. The molecule has 0 radical (unpaired) electrons. The van der Waals surface area contributed by atoms with Gasteiger partial charge in [-0.1, -0.05) is 12.1 Å². The summed E-state index contributed by atoms with van der Waals surface area (Å²) in [5.41, 5.74) is 1.57. The van der Waals surface area contributed by atoms with E-state index in [-0.39, 0.29) is 5.56 Å². The molecule has 0 saturated carbocycles. The Morgan fingerprint density at radius 3 is 2.50 bits per heavy atom. The van der Waals surface area contributed by atoms with Gasteiger partial charge in [-0.2, -0.15) is 4.37 Å². The third kappa shape index (κ3) is 3.39. The number of rotatable bonds is 5. The highest BCUT2D eigenvalue weighted by Crippen LogP contribution is 2.34. The van der Waals surface area contributed by atoms with Gasteiger partial charge >= 0.3 is 11.9 Å². The Labute approximate surface area is 188 Å². The van der Waals surface area contributed by atoms with Gasteiger partial charge in [-0.25, -0.2) is 4.79 Å². The average molecular weight is 451 g/mol. The Hall–Kier alpha value is -3.43. The SMILES string of the molecule is Cn1cc([C@H](C(=O)O)N2CCN(c3nsc4ccccc34)CC2)c2cc(C(=O)O)ccc21. The number of aromatic nitrogens is 2. The van der Waals surface area contributed by atoms with Crippen molar-refractivity contribution in [3.63, 3.8) is 0 Å². The highest BCUT2D eigenvalue weighted by molar-refractivity contribution is 7.13. The number of aryl methyl sites for hydroxylation is 1. The molecule has 1 atom stereocenters. The standard InChI is InChI=1S/C23H22N4O4S/c1-25-13-17(16-12-14(22(28)29)6-7-18(16)25)20(23(30)31)26-8-10-27(11-9-26)21-15-4-2-3-5-19(15)32-24-21/h2-7,12-13,20H,8-11H2,1H3,(H,28,29)(H,30,31)/t20-/m1/s1. The Bertz CT molecular complexity index is 1340. The number of piperazine rings is 1. The molecule has 2 aromatic heterocycles. The van der Waals surface area contributed by atoms with E-state index >= 15 is 0 Å². The van der Waals surface area contributed by atoms with Gasteiger partial charge in [0.05, 0.1) is 10.3 Å². The average Bonchev–Trinajstić information content (AvgIpc) is 3.35. The van der Waals surface area contributed by atoms with Crippen molar-refractivity contribution in [2.45, 2.75) is 6.04 Å². The fourth-order valence-corrected chi connectivity index (χ4v) is 5.35. The first-order chi connectivity index (χ1) is 15.4. The number of aromatic carboxylic acids is 1. The lowest BCUT2D eigenvalue weighted by Gasteiger charge is -2.38. The van der Waals surface area contributed by atoms with Crippen LogP contribution in [0, 0.1) is 0 Å². The number of carboxylic acids is 2. The number of fused-ring (bicyclic) bond motifs is 2. The van der Waals surface area contributed by atoms with Crippen molar-refractivity contribution in [2.75, 3.05) is 31.1 Å². The zero-order valence-electron chi connectivity index (χ0n) is 17.4. The number of hydrogen-bond donors (Lipinski definition) is 2. The third-order valence-corrected chi connectivity index (χ3v) is 6.95. The van der Waals surface area contributed by atoms with E-state index in [4.69, 9.17) is 0 Å². The first-order valence-corrected chi connectivity index (χ1v) is 11.1. The normalized spacial score (nSPS) is 16.0. The Morgan fingerprint density at radius 1 is 1.03 bits per heavy atom. The van der Waals surface area contributed by atoms with Crippen LogP contribution >= 0.6 is 11.5 Å². The van der Waals surface area contributed by atoms with Gasteiger partial charge in [0.15, 0.2) is 0 Å². The Balaban J connectivity index is 1.44. The van der Waals surface area contributed by atoms with Crippen molar-refractivity contribution < 1.29 is 19.8 Å². The molecule has 4 aromatic rings. The molecule has 1 aliphatic rings. The Morgan fingerprint density at radius 2 is 1.78 bits per heavy atom. The second kappa shape index (κ2) is 7.92. The lowest BCUT2D eigenvalue weighted by atomic mass is 10.0. The summed E-state index contributed by atoms with van der Waals surface area (Å²) < 4.78 is 7.61. The molecular formula is C23H22N4O4S. The van der Waals surface area contributed by atoms with Gasteiger partial charge in [-0.15, -0.1) is 0 Å². The van der Waals surface area contributed by atoms with Gasteiger partial charge in [0.25, 0.3) is 0 Å². The molecule has 164 valence electrons. The zero-order valence-corrected chi connectivity index (χ0v) is 18.2. The number of anilines is 1. The first kappa shape index (κ1) is 20.5. The van der Waals surface area contributed by atoms with Crippen LogP contribution in [0.4, 0.5) is 5.82 Å². The topological polar surface area (TPSA) is 98.9 Å². The van der Waals surface area contributed by atoms with Gasteiger partial charge < -0.3 is 19.7 Å². The zero-order chi connectivity index (χ0) is 22.4. The van der Waals surface area contributed by atoms with Gasteiger partial charge in [-0.3, -0.25) is 9.69 Å². The van der Waals surface area contributed by atoms with Crippen LogP contribution in [0.3, 0.4) is 0 Å². The van der Waals surface area contributed by atoms with E-state index in [2.05, 4.69) is 21.4 Å². The number of hydrogen-bond acceptors (Lipinski definition) is 6. The number of carboxylic acid groups (broad SMARTS) is 2. The maximum Gasteiger partial charge on any atom is 0.335 e. The van der Waals surface area contributed by atoms with Crippen molar-refractivity contribution >= 4 is 50.3 Å². The summed E-state index contributed by atoms with van der Waals surface area (Å²) in [6.45, 7) is 2.47.